The minimum Gasteiger partial charge on any atom is -0.379 e. The fourth-order valence-corrected chi connectivity index (χ4v) is 3.48. The van der Waals surface area contributed by atoms with Crippen molar-refractivity contribution in [2.24, 2.45) is 0 Å². The number of rotatable bonds is 8. The van der Waals surface area contributed by atoms with Crippen LogP contribution in [-0.2, 0) is 17.7 Å². The van der Waals surface area contributed by atoms with Crippen LogP contribution in [0.15, 0.2) is 67.1 Å². The van der Waals surface area contributed by atoms with Crippen LogP contribution >= 0.6 is 0 Å². The summed E-state index contributed by atoms with van der Waals surface area (Å²) in [6, 6.07) is 15.4. The van der Waals surface area contributed by atoms with Crippen LogP contribution in [0.1, 0.15) is 21.5 Å². The summed E-state index contributed by atoms with van der Waals surface area (Å²) in [6.07, 6.45) is 6.15. The Morgan fingerprint density at radius 1 is 0.968 bits per heavy atom. The highest BCUT2D eigenvalue weighted by atomic mass is 16.5. The maximum absolute atomic E-state index is 12.8. The molecule has 0 bridgehead atoms. The number of carbonyl (C=O) groups excluding carboxylic acids is 1. The number of morpholine rings is 1. The highest BCUT2D eigenvalue weighted by Gasteiger charge is 2.13. The van der Waals surface area contributed by atoms with E-state index in [0.717, 1.165) is 50.5 Å². The summed E-state index contributed by atoms with van der Waals surface area (Å²) in [4.78, 5) is 23.6. The molecule has 31 heavy (non-hydrogen) atoms. The van der Waals surface area contributed by atoms with Crippen molar-refractivity contribution >= 4 is 17.4 Å². The Hall–Kier alpha value is -3.29. The van der Waals surface area contributed by atoms with Gasteiger partial charge in [0.05, 0.1) is 18.8 Å². The third-order valence-electron chi connectivity index (χ3n) is 5.29. The molecule has 4 rings (SSSR count). The quantitative estimate of drug-likeness (QED) is 0.586. The molecule has 0 aliphatic carbocycles. The first-order valence-electron chi connectivity index (χ1n) is 10.6. The number of ether oxygens (including phenoxy) is 1. The van der Waals surface area contributed by atoms with Crippen molar-refractivity contribution in [2.45, 2.75) is 13.0 Å². The number of pyridine rings is 2. The van der Waals surface area contributed by atoms with Crippen molar-refractivity contribution in [3.63, 3.8) is 0 Å². The first-order chi connectivity index (χ1) is 15.3. The van der Waals surface area contributed by atoms with Crippen LogP contribution in [0.2, 0.25) is 0 Å². The third-order valence-corrected chi connectivity index (χ3v) is 5.29. The molecule has 2 aromatic heterocycles. The molecule has 1 aliphatic rings. The topological polar surface area (TPSA) is 79.4 Å². The lowest BCUT2D eigenvalue weighted by Crippen LogP contribution is -2.37. The van der Waals surface area contributed by atoms with Crippen molar-refractivity contribution in [2.75, 3.05) is 43.5 Å². The molecule has 1 fully saturated rings. The van der Waals surface area contributed by atoms with E-state index in [4.69, 9.17) is 4.74 Å². The van der Waals surface area contributed by atoms with Gasteiger partial charge < -0.3 is 15.4 Å². The Bertz CT molecular complexity index is 973. The Morgan fingerprint density at radius 3 is 2.52 bits per heavy atom. The molecular formula is C24H27N5O2. The Labute approximate surface area is 182 Å². The number of benzene rings is 1. The summed E-state index contributed by atoms with van der Waals surface area (Å²) in [5.74, 6) is 0.366. The van der Waals surface area contributed by atoms with Crippen LogP contribution in [0.5, 0.6) is 0 Å². The maximum Gasteiger partial charge on any atom is 0.259 e. The van der Waals surface area contributed by atoms with Crippen LogP contribution in [0.3, 0.4) is 0 Å². The monoisotopic (exact) mass is 417 g/mol. The van der Waals surface area contributed by atoms with Gasteiger partial charge in [0.25, 0.3) is 5.91 Å². The third kappa shape index (κ3) is 6.10. The van der Waals surface area contributed by atoms with E-state index in [1.807, 2.05) is 24.3 Å². The van der Waals surface area contributed by atoms with Crippen LogP contribution < -0.4 is 10.6 Å². The smallest absolute Gasteiger partial charge is 0.259 e. The van der Waals surface area contributed by atoms with Gasteiger partial charge in [0.15, 0.2) is 0 Å². The van der Waals surface area contributed by atoms with Gasteiger partial charge in [-0.15, -0.1) is 0 Å². The van der Waals surface area contributed by atoms with Crippen LogP contribution in [0.25, 0.3) is 0 Å². The normalized spacial score (nSPS) is 14.2. The van der Waals surface area contributed by atoms with E-state index < -0.39 is 0 Å². The highest BCUT2D eigenvalue weighted by molar-refractivity contribution is 6.07. The number of amides is 1. The zero-order valence-electron chi connectivity index (χ0n) is 17.5. The molecule has 0 atom stereocenters. The highest BCUT2D eigenvalue weighted by Crippen LogP contribution is 2.17. The fourth-order valence-electron chi connectivity index (χ4n) is 3.48. The summed E-state index contributed by atoms with van der Waals surface area (Å²) in [5, 5.41) is 6.21. The van der Waals surface area contributed by atoms with E-state index in [9.17, 15) is 4.79 Å². The zero-order chi connectivity index (χ0) is 21.3. The molecule has 2 N–H and O–H groups in total. The standard InChI is InChI=1S/C24H27N5O2/c30-24(22-2-1-10-26-23(22)27-18-20-7-11-25-12-8-20)28-21-5-3-19(4-6-21)9-13-29-14-16-31-17-15-29/h1-8,10-12H,9,13-18H2,(H,26,27)(H,28,30). The van der Waals surface area contributed by atoms with E-state index in [2.05, 4.69) is 37.6 Å². The van der Waals surface area contributed by atoms with Gasteiger partial charge in [-0.2, -0.15) is 0 Å². The van der Waals surface area contributed by atoms with Gasteiger partial charge in [0.1, 0.15) is 5.82 Å². The van der Waals surface area contributed by atoms with E-state index >= 15 is 0 Å². The van der Waals surface area contributed by atoms with Crippen molar-refractivity contribution in [3.8, 4) is 0 Å². The van der Waals surface area contributed by atoms with E-state index in [-0.39, 0.29) is 5.91 Å². The first kappa shape index (κ1) is 21.0. The van der Waals surface area contributed by atoms with Crippen LogP contribution in [0.4, 0.5) is 11.5 Å². The first-order valence-corrected chi connectivity index (χ1v) is 10.6. The molecule has 1 saturated heterocycles. The summed E-state index contributed by atoms with van der Waals surface area (Å²) in [7, 11) is 0. The summed E-state index contributed by atoms with van der Waals surface area (Å²) in [6.45, 7) is 5.22. The lowest BCUT2D eigenvalue weighted by molar-refractivity contribution is 0.0384. The average Bonchev–Trinajstić information content (AvgIpc) is 2.84. The molecule has 1 amide bonds. The molecule has 7 nitrogen and oxygen atoms in total. The Kier molecular flexibility index (Phi) is 7.20. The van der Waals surface area contributed by atoms with E-state index in [1.54, 1.807) is 30.7 Å². The number of hydrogen-bond acceptors (Lipinski definition) is 6. The second-order valence-electron chi connectivity index (χ2n) is 7.46. The molecular weight excluding hydrogens is 390 g/mol. The largest absolute Gasteiger partial charge is 0.379 e. The summed E-state index contributed by atoms with van der Waals surface area (Å²) < 4.78 is 5.39. The second-order valence-corrected chi connectivity index (χ2v) is 7.46. The van der Waals surface area contributed by atoms with Gasteiger partial charge >= 0.3 is 0 Å². The minimum atomic E-state index is -0.189. The van der Waals surface area contributed by atoms with Crippen molar-refractivity contribution in [1.29, 1.82) is 0 Å². The van der Waals surface area contributed by atoms with Gasteiger partial charge in [0.2, 0.25) is 0 Å². The van der Waals surface area contributed by atoms with Crippen molar-refractivity contribution in [1.82, 2.24) is 14.9 Å². The lowest BCUT2D eigenvalue weighted by atomic mass is 10.1. The van der Waals surface area contributed by atoms with Crippen LogP contribution in [0, 0.1) is 0 Å². The molecule has 1 aliphatic heterocycles. The summed E-state index contributed by atoms with van der Waals surface area (Å²) in [5.41, 5.74) is 3.60. The van der Waals surface area contributed by atoms with Gasteiger partial charge in [-0.05, 0) is 53.9 Å². The van der Waals surface area contributed by atoms with Gasteiger partial charge in [-0.25, -0.2) is 4.98 Å². The molecule has 0 saturated carbocycles. The maximum atomic E-state index is 12.8. The Morgan fingerprint density at radius 2 is 1.74 bits per heavy atom. The Balaban J connectivity index is 1.33. The number of carbonyl (C=O) groups is 1. The number of aromatic nitrogens is 2. The number of nitrogens with one attached hydrogen (secondary N) is 2. The number of nitrogens with zero attached hydrogens (tertiary/aromatic N) is 3. The SMILES string of the molecule is O=C(Nc1ccc(CCN2CCOCC2)cc1)c1cccnc1NCc1ccncc1. The molecule has 7 heteroatoms. The predicted molar refractivity (Wildman–Crippen MR) is 121 cm³/mol. The molecule has 3 aromatic rings. The number of hydrogen-bond donors (Lipinski definition) is 2. The molecule has 3 heterocycles. The van der Waals surface area contributed by atoms with E-state index in [1.165, 1.54) is 5.56 Å². The molecule has 160 valence electrons. The van der Waals surface area contributed by atoms with E-state index in [0.29, 0.717) is 17.9 Å². The summed E-state index contributed by atoms with van der Waals surface area (Å²) >= 11 is 0. The van der Waals surface area contributed by atoms with Gasteiger partial charge in [-0.3, -0.25) is 14.7 Å². The van der Waals surface area contributed by atoms with Crippen molar-refractivity contribution in [3.05, 3.63) is 83.8 Å². The molecule has 0 unspecified atom stereocenters. The van der Waals surface area contributed by atoms with Gasteiger partial charge in [0, 0.05) is 50.5 Å². The average molecular weight is 418 g/mol. The van der Waals surface area contributed by atoms with Gasteiger partial charge in [-0.1, -0.05) is 12.1 Å². The fraction of sp³-hybridized carbons (Fsp3) is 0.292. The van der Waals surface area contributed by atoms with Crippen molar-refractivity contribution < 1.29 is 9.53 Å². The molecule has 1 aromatic carbocycles. The van der Waals surface area contributed by atoms with Crippen LogP contribution in [-0.4, -0.2) is 53.6 Å². The lowest BCUT2D eigenvalue weighted by Gasteiger charge is -2.26. The zero-order valence-corrected chi connectivity index (χ0v) is 17.5. The number of anilines is 2. The minimum absolute atomic E-state index is 0.189. The predicted octanol–water partition coefficient (Wildman–Crippen LogP) is 3.22. The molecule has 0 radical (unpaired) electrons. The second kappa shape index (κ2) is 10.7. The molecule has 0 spiro atoms.